The van der Waals surface area contributed by atoms with Gasteiger partial charge < -0.3 is 15.0 Å². The van der Waals surface area contributed by atoms with Crippen molar-refractivity contribution in [3.8, 4) is 0 Å². The summed E-state index contributed by atoms with van der Waals surface area (Å²) in [5.74, 6) is -2.09. The molecule has 0 radical (unpaired) electrons. The van der Waals surface area contributed by atoms with Gasteiger partial charge in [0.15, 0.2) is 0 Å². The van der Waals surface area contributed by atoms with Gasteiger partial charge in [0, 0.05) is 30.1 Å². The van der Waals surface area contributed by atoms with Crippen LogP contribution < -0.4 is 10.5 Å². The van der Waals surface area contributed by atoms with Gasteiger partial charge in [-0.25, -0.2) is 0 Å². The van der Waals surface area contributed by atoms with Crippen LogP contribution in [0, 0.1) is 0 Å². The number of aromatic nitrogens is 1. The monoisotopic (exact) mass is 284 g/mol. The molecular weight excluding hydrogens is 272 g/mol. The molecule has 106 valence electrons. The van der Waals surface area contributed by atoms with E-state index in [1.807, 2.05) is 0 Å². The van der Waals surface area contributed by atoms with E-state index in [1.54, 1.807) is 24.3 Å². The molecule has 1 unspecified atom stereocenters. The largest absolute Gasteiger partial charge is 0.481 e. The molecule has 1 aromatic carbocycles. The smallest absolute Gasteiger partial charge is 0.312 e. The fourth-order valence-electron chi connectivity index (χ4n) is 2.54. The number of nitrogens with one attached hydrogen (secondary N) is 1. The standard InChI is InChI=1S/C15H12N2O4/c18-13-7-9(5-6-16-13)14(19)17-8-11(15(20)21)10-3-1-2-4-12(10)17/h1-7,11H,8H2,(H,16,18)(H,20,21). The number of para-hydroxylation sites is 1. The Kier molecular flexibility index (Phi) is 3.06. The first-order valence-electron chi connectivity index (χ1n) is 6.40. The topological polar surface area (TPSA) is 90.5 Å². The number of H-pyrrole nitrogens is 1. The average molecular weight is 284 g/mol. The number of anilines is 1. The molecule has 2 N–H and O–H groups in total. The Morgan fingerprint density at radius 1 is 1.24 bits per heavy atom. The molecule has 3 rings (SSSR count). The number of carbonyl (C=O) groups is 2. The summed E-state index contributed by atoms with van der Waals surface area (Å²) >= 11 is 0. The number of rotatable bonds is 2. The highest BCUT2D eigenvalue weighted by atomic mass is 16.4. The van der Waals surface area contributed by atoms with Crippen LogP contribution in [-0.2, 0) is 4.79 Å². The van der Waals surface area contributed by atoms with E-state index in [1.165, 1.54) is 23.2 Å². The van der Waals surface area contributed by atoms with Gasteiger partial charge in [-0.2, -0.15) is 0 Å². The fraction of sp³-hybridized carbons (Fsp3) is 0.133. The minimum Gasteiger partial charge on any atom is -0.481 e. The van der Waals surface area contributed by atoms with E-state index < -0.39 is 11.9 Å². The predicted molar refractivity (Wildman–Crippen MR) is 75.6 cm³/mol. The second-order valence-corrected chi connectivity index (χ2v) is 4.81. The van der Waals surface area contributed by atoms with Crippen LogP contribution in [-0.4, -0.2) is 28.5 Å². The molecular formula is C15H12N2O4. The van der Waals surface area contributed by atoms with Crippen LogP contribution in [0.1, 0.15) is 21.8 Å². The summed E-state index contributed by atoms with van der Waals surface area (Å²) in [5.41, 5.74) is 1.06. The Labute approximate surface area is 119 Å². The van der Waals surface area contributed by atoms with Crippen molar-refractivity contribution in [2.24, 2.45) is 0 Å². The average Bonchev–Trinajstić information content (AvgIpc) is 2.86. The minimum absolute atomic E-state index is 0.0698. The number of fused-ring (bicyclic) bond motifs is 1. The highest BCUT2D eigenvalue weighted by Gasteiger charge is 2.36. The van der Waals surface area contributed by atoms with Gasteiger partial charge in [-0.1, -0.05) is 18.2 Å². The molecule has 2 heterocycles. The van der Waals surface area contributed by atoms with Crippen molar-refractivity contribution in [3.05, 3.63) is 64.1 Å². The van der Waals surface area contributed by atoms with Crippen LogP contribution >= 0.6 is 0 Å². The van der Waals surface area contributed by atoms with E-state index in [4.69, 9.17) is 0 Å². The van der Waals surface area contributed by atoms with Crippen molar-refractivity contribution in [1.82, 2.24) is 4.98 Å². The molecule has 1 aromatic heterocycles. The summed E-state index contributed by atoms with van der Waals surface area (Å²) in [4.78, 5) is 39.0. The van der Waals surface area contributed by atoms with Crippen LogP contribution in [0.5, 0.6) is 0 Å². The van der Waals surface area contributed by atoms with Crippen LogP contribution in [0.15, 0.2) is 47.4 Å². The summed E-state index contributed by atoms with van der Waals surface area (Å²) in [5, 5.41) is 9.28. The number of aromatic amines is 1. The number of carboxylic acids is 1. The van der Waals surface area contributed by atoms with Crippen LogP contribution in [0.2, 0.25) is 0 Å². The molecule has 0 saturated carbocycles. The van der Waals surface area contributed by atoms with Gasteiger partial charge in [0.05, 0.1) is 0 Å². The van der Waals surface area contributed by atoms with Crippen LogP contribution in [0.25, 0.3) is 0 Å². The van der Waals surface area contributed by atoms with E-state index >= 15 is 0 Å². The number of aliphatic carboxylic acids is 1. The van der Waals surface area contributed by atoms with Crippen molar-refractivity contribution in [1.29, 1.82) is 0 Å². The Morgan fingerprint density at radius 2 is 2.00 bits per heavy atom. The maximum atomic E-state index is 12.5. The Hall–Kier alpha value is -2.89. The molecule has 1 aliphatic rings. The van der Waals surface area contributed by atoms with Crippen molar-refractivity contribution < 1.29 is 14.7 Å². The van der Waals surface area contributed by atoms with Crippen LogP contribution in [0.3, 0.4) is 0 Å². The zero-order chi connectivity index (χ0) is 15.0. The molecule has 0 saturated heterocycles. The van der Waals surface area contributed by atoms with Gasteiger partial charge in [0.1, 0.15) is 5.92 Å². The molecule has 0 fully saturated rings. The van der Waals surface area contributed by atoms with Crippen molar-refractivity contribution in [3.63, 3.8) is 0 Å². The fourth-order valence-corrected chi connectivity index (χ4v) is 2.54. The molecule has 1 aliphatic heterocycles. The lowest BCUT2D eigenvalue weighted by Gasteiger charge is -2.17. The quantitative estimate of drug-likeness (QED) is 0.867. The highest BCUT2D eigenvalue weighted by molar-refractivity contribution is 6.08. The maximum absolute atomic E-state index is 12.5. The zero-order valence-corrected chi connectivity index (χ0v) is 10.9. The van der Waals surface area contributed by atoms with Crippen LogP contribution in [0.4, 0.5) is 5.69 Å². The normalized spacial score (nSPS) is 16.6. The summed E-state index contributed by atoms with van der Waals surface area (Å²) in [6, 6.07) is 9.62. The van der Waals surface area contributed by atoms with E-state index in [9.17, 15) is 19.5 Å². The maximum Gasteiger partial charge on any atom is 0.312 e. The molecule has 0 bridgehead atoms. The Morgan fingerprint density at radius 3 is 2.71 bits per heavy atom. The molecule has 2 aromatic rings. The Balaban J connectivity index is 2.02. The number of carbonyl (C=O) groups excluding carboxylic acids is 1. The first-order valence-corrected chi connectivity index (χ1v) is 6.40. The summed E-state index contributed by atoms with van der Waals surface area (Å²) in [6.45, 7) is 0.0698. The summed E-state index contributed by atoms with van der Waals surface area (Å²) in [6.07, 6.45) is 1.40. The first kappa shape index (κ1) is 13.1. The highest BCUT2D eigenvalue weighted by Crippen LogP contribution is 2.36. The number of amides is 1. The molecule has 0 aliphatic carbocycles. The second kappa shape index (κ2) is 4.90. The van der Waals surface area contributed by atoms with Crippen molar-refractivity contribution in [2.45, 2.75) is 5.92 Å². The van der Waals surface area contributed by atoms with Gasteiger partial charge in [-0.3, -0.25) is 14.4 Å². The summed E-state index contributed by atoms with van der Waals surface area (Å²) < 4.78 is 0. The van der Waals surface area contributed by atoms with E-state index in [-0.39, 0.29) is 23.6 Å². The lowest BCUT2D eigenvalue weighted by atomic mass is 10.0. The second-order valence-electron chi connectivity index (χ2n) is 4.81. The molecule has 6 nitrogen and oxygen atoms in total. The third-order valence-corrected chi connectivity index (χ3v) is 3.53. The Bertz CT molecular complexity index is 781. The van der Waals surface area contributed by atoms with E-state index in [2.05, 4.69) is 4.98 Å². The number of nitrogens with zero attached hydrogens (tertiary/aromatic N) is 1. The molecule has 6 heteroatoms. The first-order chi connectivity index (χ1) is 10.1. The minimum atomic E-state index is -0.969. The molecule has 1 atom stereocenters. The van der Waals surface area contributed by atoms with Crippen molar-refractivity contribution in [2.75, 3.05) is 11.4 Å². The van der Waals surface area contributed by atoms with Gasteiger partial charge >= 0.3 is 5.97 Å². The number of carboxylic acid groups (broad SMARTS) is 1. The van der Waals surface area contributed by atoms with Gasteiger partial charge in [0.2, 0.25) is 5.56 Å². The van der Waals surface area contributed by atoms with Gasteiger partial charge in [0.25, 0.3) is 5.91 Å². The van der Waals surface area contributed by atoms with Crippen molar-refractivity contribution >= 4 is 17.6 Å². The molecule has 21 heavy (non-hydrogen) atoms. The SMILES string of the molecule is O=C(O)C1CN(C(=O)c2cc[nH]c(=O)c2)c2ccccc21. The lowest BCUT2D eigenvalue weighted by molar-refractivity contribution is -0.138. The third kappa shape index (κ3) is 2.20. The van der Waals surface area contributed by atoms with E-state index in [0.717, 1.165) is 0 Å². The number of hydrogen-bond acceptors (Lipinski definition) is 3. The van der Waals surface area contributed by atoms with E-state index in [0.29, 0.717) is 11.3 Å². The summed E-state index contributed by atoms with van der Waals surface area (Å²) in [7, 11) is 0. The zero-order valence-electron chi connectivity index (χ0n) is 10.9. The molecule has 1 amide bonds. The number of benzene rings is 1. The predicted octanol–water partition coefficient (Wildman–Crippen LogP) is 1.20. The lowest BCUT2D eigenvalue weighted by Crippen LogP contribution is -2.31. The van der Waals surface area contributed by atoms with Gasteiger partial charge in [-0.05, 0) is 17.7 Å². The molecule has 0 spiro atoms. The van der Waals surface area contributed by atoms with Gasteiger partial charge in [-0.15, -0.1) is 0 Å². The number of pyridine rings is 1. The third-order valence-electron chi connectivity index (χ3n) is 3.53. The number of hydrogen-bond donors (Lipinski definition) is 2.